The van der Waals surface area contributed by atoms with Gasteiger partial charge in [-0.05, 0) is 38.6 Å². The van der Waals surface area contributed by atoms with Gasteiger partial charge in [0.25, 0.3) is 0 Å². The van der Waals surface area contributed by atoms with E-state index >= 15 is 0 Å². The average molecular weight is 340 g/mol. The van der Waals surface area contributed by atoms with Gasteiger partial charge >= 0.3 is 6.03 Å². The maximum atomic E-state index is 12.6. The zero-order valence-corrected chi connectivity index (χ0v) is 15.4. The van der Waals surface area contributed by atoms with Crippen LogP contribution < -0.4 is 5.32 Å². The van der Waals surface area contributed by atoms with Crippen molar-refractivity contribution in [1.82, 2.24) is 15.1 Å². The van der Waals surface area contributed by atoms with Gasteiger partial charge in [0.05, 0.1) is 11.6 Å². The predicted octanol–water partition coefficient (Wildman–Crippen LogP) is 2.69. The van der Waals surface area contributed by atoms with Crippen LogP contribution in [0.3, 0.4) is 0 Å². The molecule has 1 aliphatic rings. The molecule has 2 N–H and O–H groups in total. The summed E-state index contributed by atoms with van der Waals surface area (Å²) >= 11 is 1.68. The highest BCUT2D eigenvalue weighted by molar-refractivity contribution is 7.10. The SMILES string of the molecule is CCC(NC(=O)N1CCN(CC(C)(C)O)CC1C)c1cccs1. The lowest BCUT2D eigenvalue weighted by atomic mass is 10.1. The standard InChI is InChI=1S/C17H29N3O2S/c1-5-14(15-7-6-10-23-15)18-16(21)20-9-8-19(11-13(20)2)12-17(3,4)22/h6-7,10,13-14,22H,5,8-9,11-12H2,1-4H3,(H,18,21). The summed E-state index contributed by atoms with van der Waals surface area (Å²) in [5.41, 5.74) is -0.698. The minimum atomic E-state index is -0.698. The molecule has 2 amide bonds. The van der Waals surface area contributed by atoms with E-state index in [0.29, 0.717) is 13.1 Å². The van der Waals surface area contributed by atoms with Crippen LogP contribution in [0.5, 0.6) is 0 Å². The molecular weight excluding hydrogens is 310 g/mol. The number of nitrogens with one attached hydrogen (secondary N) is 1. The first kappa shape index (κ1) is 18.2. The van der Waals surface area contributed by atoms with E-state index in [0.717, 1.165) is 19.5 Å². The number of urea groups is 1. The van der Waals surface area contributed by atoms with Gasteiger partial charge in [0.2, 0.25) is 0 Å². The lowest BCUT2D eigenvalue weighted by Crippen LogP contribution is -2.58. The van der Waals surface area contributed by atoms with Crippen LogP contribution in [0, 0.1) is 0 Å². The summed E-state index contributed by atoms with van der Waals surface area (Å²) in [5, 5.41) is 15.2. The summed E-state index contributed by atoms with van der Waals surface area (Å²) in [7, 11) is 0. The van der Waals surface area contributed by atoms with E-state index in [1.165, 1.54) is 4.88 Å². The fourth-order valence-electron chi connectivity index (χ4n) is 3.12. The van der Waals surface area contributed by atoms with Crippen LogP contribution >= 0.6 is 11.3 Å². The normalized spacial score (nSPS) is 21.3. The largest absolute Gasteiger partial charge is 0.389 e. The van der Waals surface area contributed by atoms with Crippen molar-refractivity contribution in [2.75, 3.05) is 26.2 Å². The number of amides is 2. The molecule has 1 aromatic rings. The summed E-state index contributed by atoms with van der Waals surface area (Å²) in [4.78, 5) is 18.0. The highest BCUT2D eigenvalue weighted by Crippen LogP contribution is 2.22. The Morgan fingerprint density at radius 2 is 2.26 bits per heavy atom. The van der Waals surface area contributed by atoms with Crippen molar-refractivity contribution in [2.45, 2.75) is 51.8 Å². The molecular formula is C17H29N3O2S. The summed E-state index contributed by atoms with van der Waals surface area (Å²) in [6.07, 6.45) is 0.888. The van der Waals surface area contributed by atoms with Gasteiger partial charge in [-0.2, -0.15) is 0 Å². The summed E-state index contributed by atoms with van der Waals surface area (Å²) in [6.45, 7) is 10.7. The third-order valence-electron chi connectivity index (χ3n) is 4.18. The summed E-state index contributed by atoms with van der Waals surface area (Å²) in [6, 6.07) is 4.34. The fraction of sp³-hybridized carbons (Fsp3) is 0.706. The van der Waals surface area contributed by atoms with E-state index in [1.54, 1.807) is 11.3 Å². The molecule has 1 aromatic heterocycles. The molecule has 2 heterocycles. The molecule has 23 heavy (non-hydrogen) atoms. The molecule has 2 unspecified atom stereocenters. The maximum absolute atomic E-state index is 12.6. The van der Waals surface area contributed by atoms with E-state index in [2.05, 4.69) is 30.1 Å². The Balaban J connectivity index is 1.91. The number of hydrogen-bond donors (Lipinski definition) is 2. The zero-order chi connectivity index (χ0) is 17.0. The molecule has 1 saturated heterocycles. The highest BCUT2D eigenvalue weighted by atomic mass is 32.1. The molecule has 2 rings (SSSR count). The van der Waals surface area contributed by atoms with Crippen molar-refractivity contribution in [3.63, 3.8) is 0 Å². The molecule has 0 radical (unpaired) electrons. The van der Waals surface area contributed by atoms with E-state index < -0.39 is 5.60 Å². The number of hydrogen-bond acceptors (Lipinski definition) is 4. The predicted molar refractivity (Wildman–Crippen MR) is 94.8 cm³/mol. The van der Waals surface area contributed by atoms with Gasteiger partial charge in [-0.25, -0.2) is 4.79 Å². The van der Waals surface area contributed by atoms with E-state index in [1.807, 2.05) is 30.2 Å². The van der Waals surface area contributed by atoms with Gasteiger partial charge < -0.3 is 15.3 Å². The second kappa shape index (κ2) is 7.64. The van der Waals surface area contributed by atoms with Crippen LogP contribution in [0.15, 0.2) is 17.5 Å². The van der Waals surface area contributed by atoms with E-state index in [-0.39, 0.29) is 18.1 Å². The Labute approximate surface area is 143 Å². The molecule has 0 aromatic carbocycles. The van der Waals surface area contributed by atoms with Gasteiger partial charge in [0.1, 0.15) is 0 Å². The zero-order valence-electron chi connectivity index (χ0n) is 14.6. The number of carbonyl (C=O) groups is 1. The average Bonchev–Trinajstić information content (AvgIpc) is 2.96. The summed E-state index contributed by atoms with van der Waals surface area (Å²) < 4.78 is 0. The van der Waals surface area contributed by atoms with Crippen LogP contribution in [0.1, 0.15) is 45.0 Å². The smallest absolute Gasteiger partial charge is 0.318 e. The Morgan fingerprint density at radius 3 is 2.78 bits per heavy atom. The Morgan fingerprint density at radius 1 is 1.52 bits per heavy atom. The summed E-state index contributed by atoms with van der Waals surface area (Å²) in [5.74, 6) is 0. The van der Waals surface area contributed by atoms with Crippen molar-refractivity contribution >= 4 is 17.4 Å². The number of piperazine rings is 1. The number of aliphatic hydroxyl groups is 1. The lowest BCUT2D eigenvalue weighted by molar-refractivity contribution is 0.0117. The van der Waals surface area contributed by atoms with Crippen LogP contribution in [0.4, 0.5) is 4.79 Å². The topological polar surface area (TPSA) is 55.8 Å². The monoisotopic (exact) mass is 339 g/mol. The fourth-order valence-corrected chi connectivity index (χ4v) is 3.98. The molecule has 0 bridgehead atoms. The van der Waals surface area contributed by atoms with Crippen LogP contribution in [0.25, 0.3) is 0 Å². The van der Waals surface area contributed by atoms with E-state index in [4.69, 9.17) is 0 Å². The Bertz CT molecular complexity index is 498. The first-order valence-corrected chi connectivity index (χ1v) is 9.23. The molecule has 1 aliphatic heterocycles. The number of rotatable bonds is 5. The second-order valence-corrected chi connectivity index (χ2v) is 7.99. The van der Waals surface area contributed by atoms with Crippen LogP contribution in [-0.2, 0) is 0 Å². The third-order valence-corrected chi connectivity index (χ3v) is 5.16. The van der Waals surface area contributed by atoms with Gasteiger partial charge in [-0.3, -0.25) is 4.90 Å². The molecule has 130 valence electrons. The molecule has 1 fully saturated rings. The van der Waals surface area contributed by atoms with Crippen molar-refractivity contribution in [1.29, 1.82) is 0 Å². The number of carbonyl (C=O) groups excluding carboxylic acids is 1. The van der Waals surface area contributed by atoms with Crippen molar-refractivity contribution in [2.24, 2.45) is 0 Å². The molecule has 6 heteroatoms. The van der Waals surface area contributed by atoms with Crippen LogP contribution in [-0.4, -0.2) is 58.8 Å². The Hall–Kier alpha value is -1.11. The quantitative estimate of drug-likeness (QED) is 0.867. The van der Waals surface area contributed by atoms with Crippen molar-refractivity contribution in [3.05, 3.63) is 22.4 Å². The molecule has 0 spiro atoms. The van der Waals surface area contributed by atoms with Crippen molar-refractivity contribution < 1.29 is 9.90 Å². The van der Waals surface area contributed by atoms with Gasteiger partial charge in [0, 0.05) is 37.1 Å². The molecule has 2 atom stereocenters. The minimum Gasteiger partial charge on any atom is -0.389 e. The van der Waals surface area contributed by atoms with E-state index in [9.17, 15) is 9.90 Å². The Kier molecular flexibility index (Phi) is 6.06. The molecule has 0 aliphatic carbocycles. The maximum Gasteiger partial charge on any atom is 0.318 e. The van der Waals surface area contributed by atoms with Crippen LogP contribution in [0.2, 0.25) is 0 Å². The second-order valence-electron chi connectivity index (χ2n) is 7.02. The first-order valence-electron chi connectivity index (χ1n) is 8.35. The third kappa shape index (κ3) is 5.19. The number of thiophene rings is 1. The number of nitrogens with zero attached hydrogens (tertiary/aromatic N) is 2. The van der Waals surface area contributed by atoms with Gasteiger partial charge in [-0.15, -0.1) is 11.3 Å². The van der Waals surface area contributed by atoms with Gasteiger partial charge in [-0.1, -0.05) is 13.0 Å². The molecule has 0 saturated carbocycles. The number of β-amino-alcohol motifs (C(OH)–C–C–N with tert-alkyl or cyclic N) is 1. The minimum absolute atomic E-state index is 0.0145. The van der Waals surface area contributed by atoms with Gasteiger partial charge in [0.15, 0.2) is 0 Å². The highest BCUT2D eigenvalue weighted by Gasteiger charge is 2.30. The lowest BCUT2D eigenvalue weighted by Gasteiger charge is -2.41. The molecule has 5 nitrogen and oxygen atoms in total. The van der Waals surface area contributed by atoms with Crippen molar-refractivity contribution in [3.8, 4) is 0 Å². The first-order chi connectivity index (χ1) is 10.8.